The van der Waals surface area contributed by atoms with Crippen LogP contribution in [0.15, 0.2) is 42.5 Å². The first-order valence-electron chi connectivity index (χ1n) is 6.86. The van der Waals surface area contributed by atoms with E-state index >= 15 is 0 Å². The van der Waals surface area contributed by atoms with Gasteiger partial charge in [-0.15, -0.1) is 0 Å². The molecule has 0 aliphatic carbocycles. The molecule has 3 nitrogen and oxygen atoms in total. The molecule has 2 aromatic carbocycles. The highest BCUT2D eigenvalue weighted by atomic mass is 19.4. The number of benzene rings is 2. The predicted molar refractivity (Wildman–Crippen MR) is 79.0 cm³/mol. The SMILES string of the molecule is COc1ccc(C=O)cc1CCOc1ccc(C(F)(F)F)cc1. The van der Waals surface area contributed by atoms with E-state index in [4.69, 9.17) is 9.47 Å². The second-order valence-electron chi connectivity index (χ2n) is 4.81. The maximum Gasteiger partial charge on any atom is 0.416 e. The Morgan fingerprint density at radius 3 is 2.35 bits per heavy atom. The molecule has 0 spiro atoms. The Bertz CT molecular complexity index is 664. The van der Waals surface area contributed by atoms with Crippen LogP contribution in [0.1, 0.15) is 21.5 Å². The van der Waals surface area contributed by atoms with Crippen molar-refractivity contribution >= 4 is 6.29 Å². The molecule has 2 rings (SSSR count). The molecule has 0 amide bonds. The van der Waals surface area contributed by atoms with Gasteiger partial charge in [0.15, 0.2) is 0 Å². The van der Waals surface area contributed by atoms with Crippen LogP contribution in [0, 0.1) is 0 Å². The van der Waals surface area contributed by atoms with Gasteiger partial charge in [0, 0.05) is 12.0 Å². The van der Waals surface area contributed by atoms with Crippen LogP contribution >= 0.6 is 0 Å². The second kappa shape index (κ2) is 7.17. The summed E-state index contributed by atoms with van der Waals surface area (Å²) in [6.07, 6.45) is -3.16. The van der Waals surface area contributed by atoms with Crippen LogP contribution in [0.25, 0.3) is 0 Å². The van der Waals surface area contributed by atoms with Crippen molar-refractivity contribution in [2.75, 3.05) is 13.7 Å². The van der Waals surface area contributed by atoms with Gasteiger partial charge in [-0.05, 0) is 48.0 Å². The standard InChI is InChI=1S/C17H15F3O3/c1-22-16-7-2-12(11-21)10-13(16)8-9-23-15-5-3-14(4-6-15)17(18,19)20/h2-7,10-11H,8-9H2,1H3. The zero-order valence-electron chi connectivity index (χ0n) is 12.4. The molecule has 0 aromatic heterocycles. The average Bonchev–Trinajstić information content (AvgIpc) is 2.54. The fraction of sp³-hybridized carbons (Fsp3) is 0.235. The molecule has 2 aromatic rings. The quantitative estimate of drug-likeness (QED) is 0.749. The molecule has 0 saturated heterocycles. The van der Waals surface area contributed by atoms with Crippen LogP contribution in [0.2, 0.25) is 0 Å². The van der Waals surface area contributed by atoms with Crippen molar-refractivity contribution in [1.82, 2.24) is 0 Å². The van der Waals surface area contributed by atoms with Crippen molar-refractivity contribution in [1.29, 1.82) is 0 Å². The summed E-state index contributed by atoms with van der Waals surface area (Å²) in [4.78, 5) is 10.8. The first kappa shape index (κ1) is 16.9. The molecule has 0 heterocycles. The summed E-state index contributed by atoms with van der Waals surface area (Å²) >= 11 is 0. The van der Waals surface area contributed by atoms with Crippen LogP contribution in [0.3, 0.4) is 0 Å². The lowest BCUT2D eigenvalue weighted by molar-refractivity contribution is -0.137. The van der Waals surface area contributed by atoms with Crippen molar-refractivity contribution < 1.29 is 27.4 Å². The third-order valence-corrected chi connectivity index (χ3v) is 3.26. The Morgan fingerprint density at radius 1 is 1.09 bits per heavy atom. The molecule has 0 N–H and O–H groups in total. The van der Waals surface area contributed by atoms with E-state index in [0.29, 0.717) is 23.5 Å². The van der Waals surface area contributed by atoms with Gasteiger partial charge in [-0.1, -0.05) is 0 Å². The van der Waals surface area contributed by atoms with Gasteiger partial charge in [-0.25, -0.2) is 0 Å². The largest absolute Gasteiger partial charge is 0.496 e. The molecule has 23 heavy (non-hydrogen) atoms. The van der Waals surface area contributed by atoms with Crippen molar-refractivity contribution in [3.8, 4) is 11.5 Å². The minimum Gasteiger partial charge on any atom is -0.496 e. The normalized spacial score (nSPS) is 11.1. The minimum atomic E-state index is -4.36. The van der Waals surface area contributed by atoms with Gasteiger partial charge < -0.3 is 9.47 Å². The van der Waals surface area contributed by atoms with Crippen molar-refractivity contribution in [2.24, 2.45) is 0 Å². The third kappa shape index (κ3) is 4.48. The third-order valence-electron chi connectivity index (χ3n) is 3.26. The van der Waals surface area contributed by atoms with E-state index in [9.17, 15) is 18.0 Å². The molecule has 0 fully saturated rings. The Hall–Kier alpha value is -2.50. The Kier molecular flexibility index (Phi) is 5.26. The number of ether oxygens (including phenoxy) is 2. The van der Waals surface area contributed by atoms with Crippen LogP contribution in [0.5, 0.6) is 11.5 Å². The Balaban J connectivity index is 1.98. The molecule has 0 bridgehead atoms. The van der Waals surface area contributed by atoms with Gasteiger partial charge in [-0.3, -0.25) is 4.79 Å². The molecular weight excluding hydrogens is 309 g/mol. The first-order valence-corrected chi connectivity index (χ1v) is 6.86. The Labute approximate surface area is 131 Å². The maximum atomic E-state index is 12.5. The minimum absolute atomic E-state index is 0.254. The van der Waals surface area contributed by atoms with E-state index in [2.05, 4.69) is 0 Å². The maximum absolute atomic E-state index is 12.5. The van der Waals surface area contributed by atoms with E-state index in [1.807, 2.05) is 0 Å². The molecule has 0 saturated carbocycles. The highest BCUT2D eigenvalue weighted by Gasteiger charge is 2.29. The lowest BCUT2D eigenvalue weighted by Gasteiger charge is -2.11. The van der Waals surface area contributed by atoms with E-state index in [1.165, 1.54) is 19.2 Å². The number of halogens is 3. The van der Waals surface area contributed by atoms with Gasteiger partial charge in [0.05, 0.1) is 19.3 Å². The average molecular weight is 324 g/mol. The number of hydrogen-bond donors (Lipinski definition) is 0. The van der Waals surface area contributed by atoms with Gasteiger partial charge >= 0.3 is 6.18 Å². The number of alkyl halides is 3. The highest BCUT2D eigenvalue weighted by molar-refractivity contribution is 5.75. The van der Waals surface area contributed by atoms with E-state index in [0.717, 1.165) is 24.0 Å². The molecule has 0 aliphatic rings. The Morgan fingerprint density at radius 2 is 1.78 bits per heavy atom. The van der Waals surface area contributed by atoms with Crippen molar-refractivity contribution in [3.05, 3.63) is 59.2 Å². The number of methoxy groups -OCH3 is 1. The predicted octanol–water partition coefficient (Wildman–Crippen LogP) is 4.15. The van der Waals surface area contributed by atoms with Gasteiger partial charge in [0.25, 0.3) is 0 Å². The summed E-state index contributed by atoms with van der Waals surface area (Å²) in [6.45, 7) is 0.254. The lowest BCUT2D eigenvalue weighted by Crippen LogP contribution is -2.06. The summed E-state index contributed by atoms with van der Waals surface area (Å²) in [5.41, 5.74) is 0.601. The van der Waals surface area contributed by atoms with E-state index < -0.39 is 11.7 Å². The number of carbonyl (C=O) groups excluding carboxylic acids is 1. The van der Waals surface area contributed by atoms with Gasteiger partial charge in [0.2, 0.25) is 0 Å². The van der Waals surface area contributed by atoms with Crippen LogP contribution < -0.4 is 9.47 Å². The fourth-order valence-electron chi connectivity index (χ4n) is 2.09. The zero-order chi connectivity index (χ0) is 16.9. The summed E-state index contributed by atoms with van der Waals surface area (Å²) < 4.78 is 48.0. The molecule has 0 atom stereocenters. The van der Waals surface area contributed by atoms with Crippen LogP contribution in [-0.4, -0.2) is 20.0 Å². The molecule has 0 unspecified atom stereocenters. The number of carbonyl (C=O) groups is 1. The molecule has 0 radical (unpaired) electrons. The molecule has 122 valence electrons. The topological polar surface area (TPSA) is 35.5 Å². The summed E-state index contributed by atoms with van der Waals surface area (Å²) in [5.74, 6) is 0.982. The number of aldehydes is 1. The van der Waals surface area contributed by atoms with E-state index in [1.54, 1.807) is 18.2 Å². The van der Waals surface area contributed by atoms with Crippen LogP contribution in [-0.2, 0) is 12.6 Å². The van der Waals surface area contributed by atoms with Crippen molar-refractivity contribution in [2.45, 2.75) is 12.6 Å². The first-order chi connectivity index (χ1) is 10.9. The van der Waals surface area contributed by atoms with Gasteiger partial charge in [-0.2, -0.15) is 13.2 Å². The fourth-order valence-corrected chi connectivity index (χ4v) is 2.09. The second-order valence-corrected chi connectivity index (χ2v) is 4.81. The summed E-state index contributed by atoms with van der Waals surface area (Å²) in [7, 11) is 1.52. The van der Waals surface area contributed by atoms with E-state index in [-0.39, 0.29) is 6.61 Å². The van der Waals surface area contributed by atoms with Crippen molar-refractivity contribution in [3.63, 3.8) is 0 Å². The smallest absolute Gasteiger partial charge is 0.416 e. The lowest BCUT2D eigenvalue weighted by atomic mass is 10.1. The number of rotatable bonds is 6. The molecule has 6 heteroatoms. The monoisotopic (exact) mass is 324 g/mol. The van der Waals surface area contributed by atoms with Gasteiger partial charge in [0.1, 0.15) is 17.8 Å². The zero-order valence-corrected chi connectivity index (χ0v) is 12.4. The molecular formula is C17H15F3O3. The number of hydrogen-bond acceptors (Lipinski definition) is 3. The molecule has 0 aliphatic heterocycles. The highest BCUT2D eigenvalue weighted by Crippen LogP contribution is 2.30. The summed E-state index contributed by atoms with van der Waals surface area (Å²) in [6, 6.07) is 9.54. The summed E-state index contributed by atoms with van der Waals surface area (Å²) in [5, 5.41) is 0. The van der Waals surface area contributed by atoms with Crippen LogP contribution in [0.4, 0.5) is 13.2 Å².